The van der Waals surface area contributed by atoms with E-state index in [1.54, 1.807) is 0 Å². The van der Waals surface area contributed by atoms with Gasteiger partial charge in [0.1, 0.15) is 0 Å². The van der Waals surface area contributed by atoms with Crippen LogP contribution in [0.2, 0.25) is 0 Å². The maximum atomic E-state index is 12.3. The Labute approximate surface area is 179 Å². The standard InChI is InChI=1S/C26H55OP/c1-4-7-8-9-10-11-12-13-14-15-16-17-18-19-20-21-22-23-24-25-26-28(27,5-2)6-3/h4-26H2,1-3H3. The molecule has 0 bridgehead atoms. The largest absolute Gasteiger partial charge is 0.324 e. The van der Waals surface area contributed by atoms with Crippen LogP contribution in [0.1, 0.15) is 149 Å². The lowest BCUT2D eigenvalue weighted by Crippen LogP contribution is -1.95. The summed E-state index contributed by atoms with van der Waals surface area (Å²) in [5.74, 6) is 0. The van der Waals surface area contributed by atoms with Crippen molar-refractivity contribution in [3.8, 4) is 0 Å². The van der Waals surface area contributed by atoms with E-state index < -0.39 is 7.14 Å². The molecule has 0 aromatic heterocycles. The van der Waals surface area contributed by atoms with Crippen LogP contribution in [0.5, 0.6) is 0 Å². The lowest BCUT2D eigenvalue weighted by atomic mass is 10.0. The summed E-state index contributed by atoms with van der Waals surface area (Å²) in [4.78, 5) is 0. The maximum absolute atomic E-state index is 12.3. The van der Waals surface area contributed by atoms with Crippen molar-refractivity contribution in [3.63, 3.8) is 0 Å². The Kier molecular flexibility index (Phi) is 22.1. The molecule has 0 atom stereocenters. The molecule has 0 aliphatic carbocycles. The van der Waals surface area contributed by atoms with Gasteiger partial charge in [0.25, 0.3) is 0 Å². The molecule has 0 rings (SSSR count). The Morgan fingerprint density at radius 2 is 0.643 bits per heavy atom. The fourth-order valence-corrected chi connectivity index (χ4v) is 6.07. The molecular weight excluding hydrogens is 359 g/mol. The molecule has 0 aliphatic rings. The second-order valence-corrected chi connectivity index (χ2v) is 13.0. The van der Waals surface area contributed by atoms with Gasteiger partial charge in [0.2, 0.25) is 0 Å². The summed E-state index contributed by atoms with van der Waals surface area (Å²) < 4.78 is 12.3. The summed E-state index contributed by atoms with van der Waals surface area (Å²) >= 11 is 0. The van der Waals surface area contributed by atoms with Crippen LogP contribution in [0.15, 0.2) is 0 Å². The molecule has 0 saturated heterocycles. The van der Waals surface area contributed by atoms with Crippen LogP contribution >= 0.6 is 7.14 Å². The van der Waals surface area contributed by atoms with Crippen molar-refractivity contribution in [1.82, 2.24) is 0 Å². The molecule has 0 aromatic rings. The molecular formula is C26H55OP. The lowest BCUT2D eigenvalue weighted by molar-refractivity contribution is 0.522. The van der Waals surface area contributed by atoms with Gasteiger partial charge in [0.05, 0.1) is 7.14 Å². The summed E-state index contributed by atoms with van der Waals surface area (Å²) in [6.07, 6.45) is 31.2. The quantitative estimate of drug-likeness (QED) is 0.120. The molecule has 0 N–H and O–H groups in total. The van der Waals surface area contributed by atoms with Crippen molar-refractivity contribution >= 4 is 7.14 Å². The Balaban J connectivity index is 3.11. The maximum Gasteiger partial charge on any atom is 0.0872 e. The van der Waals surface area contributed by atoms with Crippen LogP contribution in [0.25, 0.3) is 0 Å². The monoisotopic (exact) mass is 414 g/mol. The molecule has 0 heterocycles. The Morgan fingerprint density at radius 3 is 0.893 bits per heavy atom. The molecule has 0 amide bonds. The van der Waals surface area contributed by atoms with Crippen LogP contribution in [-0.4, -0.2) is 18.5 Å². The average molecular weight is 415 g/mol. The Morgan fingerprint density at radius 1 is 0.393 bits per heavy atom. The summed E-state index contributed by atoms with van der Waals surface area (Å²) in [5.41, 5.74) is 0. The average Bonchev–Trinajstić information content (AvgIpc) is 2.72. The van der Waals surface area contributed by atoms with Gasteiger partial charge in [-0.3, -0.25) is 0 Å². The zero-order valence-corrected chi connectivity index (χ0v) is 21.0. The molecule has 2 heteroatoms. The van der Waals surface area contributed by atoms with E-state index >= 15 is 0 Å². The first-order chi connectivity index (χ1) is 13.7. The minimum atomic E-state index is -1.77. The molecule has 0 fully saturated rings. The van der Waals surface area contributed by atoms with E-state index in [0.29, 0.717) is 0 Å². The summed E-state index contributed by atoms with van der Waals surface area (Å²) in [6.45, 7) is 6.49. The van der Waals surface area contributed by atoms with Crippen LogP contribution in [0.4, 0.5) is 0 Å². The minimum Gasteiger partial charge on any atom is -0.324 e. The van der Waals surface area contributed by atoms with Gasteiger partial charge in [-0.05, 0) is 18.7 Å². The fourth-order valence-electron chi connectivity index (χ4n) is 4.19. The van der Waals surface area contributed by atoms with E-state index in [0.717, 1.165) is 18.5 Å². The summed E-state index contributed by atoms with van der Waals surface area (Å²) in [7, 11) is -1.77. The van der Waals surface area contributed by atoms with Crippen molar-refractivity contribution < 1.29 is 4.57 Å². The first kappa shape index (κ1) is 28.2. The predicted molar refractivity (Wildman–Crippen MR) is 132 cm³/mol. The van der Waals surface area contributed by atoms with Crippen LogP contribution in [0, 0.1) is 0 Å². The third kappa shape index (κ3) is 19.5. The summed E-state index contributed by atoms with van der Waals surface area (Å²) in [5, 5.41) is 0. The molecule has 0 saturated carbocycles. The number of hydrogen-bond acceptors (Lipinski definition) is 1. The third-order valence-corrected chi connectivity index (χ3v) is 10.0. The van der Waals surface area contributed by atoms with E-state index in [1.165, 1.54) is 128 Å². The predicted octanol–water partition coefficient (Wildman–Crippen LogP) is 10.2. The highest BCUT2D eigenvalue weighted by Gasteiger charge is 2.15. The van der Waals surface area contributed by atoms with Gasteiger partial charge in [-0.2, -0.15) is 0 Å². The van der Waals surface area contributed by atoms with E-state index in [2.05, 4.69) is 20.8 Å². The first-order valence-electron chi connectivity index (χ1n) is 13.3. The van der Waals surface area contributed by atoms with E-state index in [4.69, 9.17) is 0 Å². The van der Waals surface area contributed by atoms with Crippen LogP contribution < -0.4 is 0 Å². The number of rotatable bonds is 23. The smallest absolute Gasteiger partial charge is 0.0872 e. The Hall–Kier alpha value is 0.230. The van der Waals surface area contributed by atoms with Gasteiger partial charge in [-0.15, -0.1) is 0 Å². The van der Waals surface area contributed by atoms with Crippen molar-refractivity contribution in [3.05, 3.63) is 0 Å². The first-order valence-corrected chi connectivity index (χ1v) is 15.5. The normalized spacial score (nSPS) is 12.0. The number of unbranched alkanes of at least 4 members (excludes halogenated alkanes) is 19. The zero-order valence-electron chi connectivity index (χ0n) is 20.1. The zero-order chi connectivity index (χ0) is 20.8. The van der Waals surface area contributed by atoms with E-state index in [-0.39, 0.29) is 0 Å². The van der Waals surface area contributed by atoms with Gasteiger partial charge in [0.15, 0.2) is 0 Å². The molecule has 0 spiro atoms. The molecule has 170 valence electrons. The van der Waals surface area contributed by atoms with E-state index in [9.17, 15) is 4.57 Å². The molecule has 0 unspecified atom stereocenters. The molecule has 28 heavy (non-hydrogen) atoms. The lowest BCUT2D eigenvalue weighted by Gasteiger charge is -2.13. The van der Waals surface area contributed by atoms with Gasteiger partial charge in [-0.25, -0.2) is 0 Å². The number of hydrogen-bond donors (Lipinski definition) is 0. The van der Waals surface area contributed by atoms with Crippen molar-refractivity contribution in [2.24, 2.45) is 0 Å². The third-order valence-electron chi connectivity index (χ3n) is 6.57. The second-order valence-electron chi connectivity index (χ2n) is 9.13. The second kappa shape index (κ2) is 21.9. The van der Waals surface area contributed by atoms with Crippen molar-refractivity contribution in [2.75, 3.05) is 18.5 Å². The summed E-state index contributed by atoms with van der Waals surface area (Å²) in [6, 6.07) is 0. The Bertz CT molecular complexity index is 331. The van der Waals surface area contributed by atoms with Gasteiger partial charge < -0.3 is 4.57 Å². The molecule has 1 nitrogen and oxygen atoms in total. The SMILES string of the molecule is CCCCCCCCCCCCCCCCCCCCCCP(=O)(CC)CC. The van der Waals surface area contributed by atoms with E-state index in [1.807, 2.05) is 0 Å². The molecule has 0 aliphatic heterocycles. The van der Waals surface area contributed by atoms with Gasteiger partial charge >= 0.3 is 0 Å². The molecule has 0 radical (unpaired) electrons. The highest BCUT2D eigenvalue weighted by molar-refractivity contribution is 7.63. The van der Waals surface area contributed by atoms with Crippen molar-refractivity contribution in [1.29, 1.82) is 0 Å². The molecule has 0 aromatic carbocycles. The van der Waals surface area contributed by atoms with Gasteiger partial charge in [-0.1, -0.05) is 143 Å². The fraction of sp³-hybridized carbons (Fsp3) is 1.00. The van der Waals surface area contributed by atoms with Crippen molar-refractivity contribution in [2.45, 2.75) is 149 Å². The topological polar surface area (TPSA) is 17.1 Å². The minimum absolute atomic E-state index is 0.905. The van der Waals surface area contributed by atoms with Gasteiger partial charge in [0, 0.05) is 6.16 Å². The van der Waals surface area contributed by atoms with Crippen LogP contribution in [-0.2, 0) is 4.57 Å². The highest BCUT2D eigenvalue weighted by Crippen LogP contribution is 2.45. The van der Waals surface area contributed by atoms with Crippen LogP contribution in [0.3, 0.4) is 0 Å². The highest BCUT2D eigenvalue weighted by atomic mass is 31.2.